The van der Waals surface area contributed by atoms with E-state index in [9.17, 15) is 9.59 Å². The van der Waals surface area contributed by atoms with Crippen LogP contribution in [-0.4, -0.2) is 25.3 Å². The zero-order valence-corrected chi connectivity index (χ0v) is 14.2. The first-order chi connectivity index (χ1) is 11.6. The molecule has 24 heavy (non-hydrogen) atoms. The number of carbonyl (C=O) groups excluding carboxylic acids is 2. The van der Waals surface area contributed by atoms with Gasteiger partial charge in [-0.05, 0) is 74.5 Å². The van der Waals surface area contributed by atoms with E-state index in [4.69, 9.17) is 4.74 Å². The van der Waals surface area contributed by atoms with Gasteiger partial charge in [0.2, 0.25) is 0 Å². The van der Waals surface area contributed by atoms with Crippen LogP contribution in [0.25, 0.3) is 0 Å². The highest BCUT2D eigenvalue weighted by Gasteiger charge is 2.54. The lowest BCUT2D eigenvalue weighted by Gasteiger charge is -2.55. The molecule has 4 heteroatoms. The summed E-state index contributed by atoms with van der Waals surface area (Å²) in [5, 5.41) is 2.60. The van der Waals surface area contributed by atoms with Crippen LogP contribution in [-0.2, 0) is 4.79 Å². The molecule has 4 fully saturated rings. The molecule has 4 aliphatic rings. The third-order valence-electron chi connectivity index (χ3n) is 6.32. The summed E-state index contributed by atoms with van der Waals surface area (Å²) in [4.78, 5) is 24.6. The normalized spacial score (nSPS) is 33.3. The first kappa shape index (κ1) is 15.7. The summed E-state index contributed by atoms with van der Waals surface area (Å²) in [6, 6.07) is 7.03. The van der Waals surface area contributed by atoms with Crippen molar-refractivity contribution in [1.82, 2.24) is 5.32 Å². The Labute approximate surface area is 143 Å². The van der Waals surface area contributed by atoms with Crippen molar-refractivity contribution in [3.8, 4) is 5.75 Å². The van der Waals surface area contributed by atoms with Gasteiger partial charge >= 0.3 is 0 Å². The van der Waals surface area contributed by atoms with E-state index in [0.717, 1.165) is 37.0 Å². The fraction of sp³-hybridized carbons (Fsp3) is 0.600. The van der Waals surface area contributed by atoms with E-state index in [1.165, 1.54) is 19.3 Å². The van der Waals surface area contributed by atoms with Gasteiger partial charge in [-0.15, -0.1) is 0 Å². The summed E-state index contributed by atoms with van der Waals surface area (Å²) >= 11 is 0. The van der Waals surface area contributed by atoms with E-state index < -0.39 is 0 Å². The minimum Gasteiger partial charge on any atom is -0.486 e. The van der Waals surface area contributed by atoms with E-state index in [2.05, 4.69) is 5.32 Å². The van der Waals surface area contributed by atoms with E-state index in [-0.39, 0.29) is 23.7 Å². The standard InChI is InChI=1S/C20H25NO3/c1-21-19(23)16-3-2-4-17(8-16)24-12-18(22)20-9-13-5-14(10-20)7-15(6-13)11-20/h2-4,8,13-15H,5-7,9-12H2,1H3,(H,21,23). The van der Waals surface area contributed by atoms with Gasteiger partial charge in [0.25, 0.3) is 5.91 Å². The number of hydrogen-bond acceptors (Lipinski definition) is 3. The van der Waals surface area contributed by atoms with Gasteiger partial charge in [0, 0.05) is 18.0 Å². The first-order valence-corrected chi connectivity index (χ1v) is 9.06. The highest BCUT2D eigenvalue weighted by molar-refractivity contribution is 5.94. The topological polar surface area (TPSA) is 55.4 Å². The molecule has 5 rings (SSSR count). The zero-order valence-electron chi connectivity index (χ0n) is 14.2. The Kier molecular flexibility index (Phi) is 3.86. The van der Waals surface area contributed by atoms with E-state index in [1.54, 1.807) is 31.3 Å². The predicted molar refractivity (Wildman–Crippen MR) is 90.9 cm³/mol. The number of ether oxygens (including phenoxy) is 1. The number of rotatable bonds is 5. The van der Waals surface area contributed by atoms with Gasteiger partial charge in [0.1, 0.15) is 12.4 Å². The molecule has 4 saturated carbocycles. The van der Waals surface area contributed by atoms with Crippen molar-refractivity contribution in [1.29, 1.82) is 0 Å². The molecular formula is C20H25NO3. The van der Waals surface area contributed by atoms with Crippen molar-refractivity contribution in [2.75, 3.05) is 13.7 Å². The van der Waals surface area contributed by atoms with Crippen molar-refractivity contribution < 1.29 is 14.3 Å². The summed E-state index contributed by atoms with van der Waals surface area (Å²) in [5.74, 6) is 3.00. The molecule has 0 aromatic heterocycles. The van der Waals surface area contributed by atoms with Crippen LogP contribution in [0.3, 0.4) is 0 Å². The number of hydrogen-bond donors (Lipinski definition) is 1. The van der Waals surface area contributed by atoms with Crippen LogP contribution < -0.4 is 10.1 Å². The molecule has 0 aliphatic heterocycles. The summed E-state index contributed by atoms with van der Waals surface area (Å²) in [5.41, 5.74) is 0.435. The molecular weight excluding hydrogens is 302 g/mol. The molecule has 1 aromatic carbocycles. The molecule has 0 atom stereocenters. The van der Waals surface area contributed by atoms with Crippen LogP contribution in [0.4, 0.5) is 0 Å². The van der Waals surface area contributed by atoms with Crippen LogP contribution in [0.1, 0.15) is 48.9 Å². The van der Waals surface area contributed by atoms with Gasteiger partial charge in [-0.3, -0.25) is 9.59 Å². The third-order valence-corrected chi connectivity index (χ3v) is 6.32. The van der Waals surface area contributed by atoms with Gasteiger partial charge in [-0.25, -0.2) is 0 Å². The molecule has 0 heterocycles. The SMILES string of the molecule is CNC(=O)c1cccc(OCC(=O)C23CC4CC(CC(C4)C2)C3)c1. The molecule has 4 nitrogen and oxygen atoms in total. The van der Waals surface area contributed by atoms with Gasteiger partial charge in [-0.2, -0.15) is 0 Å². The van der Waals surface area contributed by atoms with Crippen molar-refractivity contribution in [2.24, 2.45) is 23.2 Å². The van der Waals surface area contributed by atoms with Crippen LogP contribution >= 0.6 is 0 Å². The summed E-state index contributed by atoms with van der Waals surface area (Å²) in [6.45, 7) is 0.128. The average Bonchev–Trinajstić information content (AvgIpc) is 2.58. The minimum absolute atomic E-state index is 0.118. The van der Waals surface area contributed by atoms with Gasteiger partial charge < -0.3 is 10.1 Å². The molecule has 0 spiro atoms. The van der Waals surface area contributed by atoms with Crippen molar-refractivity contribution in [3.05, 3.63) is 29.8 Å². The van der Waals surface area contributed by atoms with Gasteiger partial charge in [-0.1, -0.05) is 6.07 Å². The number of benzene rings is 1. The molecule has 0 unspecified atom stereocenters. The second-order valence-corrected chi connectivity index (χ2v) is 8.02. The lowest BCUT2D eigenvalue weighted by molar-refractivity contribution is -0.145. The Hall–Kier alpha value is -1.84. The maximum Gasteiger partial charge on any atom is 0.251 e. The minimum atomic E-state index is -0.145. The van der Waals surface area contributed by atoms with Gasteiger partial charge in [0.05, 0.1) is 0 Å². The zero-order chi connectivity index (χ0) is 16.7. The van der Waals surface area contributed by atoms with Crippen molar-refractivity contribution in [3.63, 3.8) is 0 Å². The molecule has 128 valence electrons. The fourth-order valence-corrected chi connectivity index (χ4v) is 5.63. The fourth-order valence-electron chi connectivity index (χ4n) is 5.63. The van der Waals surface area contributed by atoms with Crippen molar-refractivity contribution >= 4 is 11.7 Å². The van der Waals surface area contributed by atoms with E-state index in [1.807, 2.05) is 0 Å². The largest absolute Gasteiger partial charge is 0.486 e. The Morgan fingerprint density at radius 3 is 2.33 bits per heavy atom. The Bertz CT molecular complexity index is 631. The highest BCUT2D eigenvalue weighted by atomic mass is 16.5. The maximum absolute atomic E-state index is 12.9. The summed E-state index contributed by atoms with van der Waals surface area (Å²) in [7, 11) is 1.60. The Balaban J connectivity index is 1.43. The third kappa shape index (κ3) is 2.72. The molecule has 0 saturated heterocycles. The average molecular weight is 327 g/mol. The van der Waals surface area contributed by atoms with E-state index >= 15 is 0 Å². The van der Waals surface area contributed by atoms with Crippen LogP contribution in [0.2, 0.25) is 0 Å². The molecule has 1 N–H and O–H groups in total. The monoisotopic (exact) mass is 327 g/mol. The Morgan fingerprint density at radius 2 is 1.75 bits per heavy atom. The first-order valence-electron chi connectivity index (χ1n) is 9.06. The smallest absolute Gasteiger partial charge is 0.251 e. The molecule has 1 aromatic rings. The molecule has 0 radical (unpaired) electrons. The lowest BCUT2D eigenvalue weighted by atomic mass is 9.48. The predicted octanol–water partition coefficient (Wildman–Crippen LogP) is 3.21. The number of Topliss-reactive ketones (excluding diaryl/α,β-unsaturated/α-hetero) is 1. The summed E-state index contributed by atoms with van der Waals surface area (Å²) in [6.07, 6.45) is 7.21. The molecule has 1 amide bonds. The van der Waals surface area contributed by atoms with Crippen LogP contribution in [0.5, 0.6) is 5.75 Å². The number of nitrogens with one attached hydrogen (secondary N) is 1. The summed E-state index contributed by atoms with van der Waals surface area (Å²) < 4.78 is 5.76. The number of amides is 1. The highest BCUT2D eigenvalue weighted by Crippen LogP contribution is 2.60. The van der Waals surface area contributed by atoms with Crippen molar-refractivity contribution in [2.45, 2.75) is 38.5 Å². The second kappa shape index (κ2) is 5.91. The molecule has 4 aliphatic carbocycles. The van der Waals surface area contributed by atoms with Crippen LogP contribution in [0.15, 0.2) is 24.3 Å². The Morgan fingerprint density at radius 1 is 1.12 bits per heavy atom. The second-order valence-electron chi connectivity index (χ2n) is 8.02. The lowest BCUT2D eigenvalue weighted by Crippen LogP contribution is -2.51. The maximum atomic E-state index is 12.9. The molecule has 4 bridgehead atoms. The number of ketones is 1. The quantitative estimate of drug-likeness (QED) is 0.903. The van der Waals surface area contributed by atoms with E-state index in [0.29, 0.717) is 11.3 Å². The van der Waals surface area contributed by atoms with Crippen LogP contribution in [0, 0.1) is 23.2 Å². The van der Waals surface area contributed by atoms with Gasteiger partial charge in [0.15, 0.2) is 5.78 Å². The number of carbonyl (C=O) groups is 2.